The minimum Gasteiger partial charge on any atom is -0.483 e. The highest BCUT2D eigenvalue weighted by molar-refractivity contribution is 9.10. The number of ether oxygens (including phenoxy) is 1. The van der Waals surface area contributed by atoms with Crippen LogP contribution in [0.5, 0.6) is 5.75 Å². The summed E-state index contributed by atoms with van der Waals surface area (Å²) in [7, 11) is 0. The molecule has 3 aromatic rings. The highest BCUT2D eigenvalue weighted by Crippen LogP contribution is 2.28. The normalized spacial score (nSPS) is 14.2. The Bertz CT molecular complexity index is 1220. The lowest BCUT2D eigenvalue weighted by Crippen LogP contribution is -2.53. The highest BCUT2D eigenvalue weighted by Gasteiger charge is 2.32. The fraction of sp³-hybridized carbons (Fsp3) is 0.310. The fourth-order valence-electron chi connectivity index (χ4n) is 4.57. The van der Waals surface area contributed by atoms with Crippen LogP contribution in [0.25, 0.3) is 0 Å². The van der Waals surface area contributed by atoms with E-state index in [1.807, 2.05) is 54.6 Å². The molecule has 0 unspecified atom stereocenters. The Kier molecular flexibility index (Phi) is 10.1. The Morgan fingerprint density at radius 3 is 2.41 bits per heavy atom. The maximum atomic E-state index is 13.7. The minimum absolute atomic E-state index is 0.133. The number of hydrogen-bond acceptors (Lipinski definition) is 3. The van der Waals surface area contributed by atoms with E-state index in [1.165, 1.54) is 0 Å². The molecule has 1 aliphatic rings. The summed E-state index contributed by atoms with van der Waals surface area (Å²) in [5, 5.41) is 3.78. The van der Waals surface area contributed by atoms with Gasteiger partial charge in [0.1, 0.15) is 11.8 Å². The third-order valence-electron chi connectivity index (χ3n) is 6.46. The molecule has 4 rings (SSSR count). The van der Waals surface area contributed by atoms with Crippen molar-refractivity contribution < 1.29 is 14.3 Å². The number of halogens is 3. The summed E-state index contributed by atoms with van der Waals surface area (Å²) in [6.07, 6.45) is 4.57. The molecule has 0 aliphatic heterocycles. The zero-order chi connectivity index (χ0) is 26.2. The van der Waals surface area contributed by atoms with Crippen molar-refractivity contribution in [3.8, 4) is 5.75 Å². The van der Waals surface area contributed by atoms with Gasteiger partial charge in [-0.2, -0.15) is 0 Å². The van der Waals surface area contributed by atoms with Gasteiger partial charge in [0, 0.05) is 28.5 Å². The summed E-state index contributed by atoms with van der Waals surface area (Å²) in [5.74, 6) is 0.103. The molecular weight excluding hydrogens is 620 g/mol. The zero-order valence-electron chi connectivity index (χ0n) is 20.3. The topological polar surface area (TPSA) is 58.6 Å². The molecule has 5 nitrogen and oxygen atoms in total. The van der Waals surface area contributed by atoms with Crippen molar-refractivity contribution in [1.29, 1.82) is 0 Å². The lowest BCUT2D eigenvalue weighted by molar-refractivity contribution is -0.143. The summed E-state index contributed by atoms with van der Waals surface area (Å²) in [6.45, 7) is 0.0647. The Labute approximate surface area is 239 Å². The third kappa shape index (κ3) is 8.06. The van der Waals surface area contributed by atoms with Gasteiger partial charge in [-0.1, -0.05) is 82.8 Å². The number of carbonyl (C=O) groups excluding carboxylic acids is 2. The van der Waals surface area contributed by atoms with Crippen molar-refractivity contribution in [2.24, 2.45) is 0 Å². The minimum atomic E-state index is -0.688. The van der Waals surface area contributed by atoms with E-state index in [1.54, 1.807) is 23.1 Å². The van der Waals surface area contributed by atoms with Gasteiger partial charge in [-0.3, -0.25) is 9.59 Å². The van der Waals surface area contributed by atoms with Crippen molar-refractivity contribution in [2.45, 2.75) is 50.7 Å². The second-order valence-electron chi connectivity index (χ2n) is 9.21. The van der Waals surface area contributed by atoms with Gasteiger partial charge >= 0.3 is 0 Å². The van der Waals surface area contributed by atoms with E-state index in [4.69, 9.17) is 16.3 Å². The van der Waals surface area contributed by atoms with E-state index in [9.17, 15) is 9.59 Å². The molecular formula is C29H29Br2ClN2O3. The molecule has 0 heterocycles. The maximum absolute atomic E-state index is 13.7. The molecule has 2 amide bonds. The van der Waals surface area contributed by atoms with Crippen LogP contribution in [0, 0.1) is 0 Å². The summed E-state index contributed by atoms with van der Waals surface area (Å²) in [4.78, 5) is 29.1. The van der Waals surface area contributed by atoms with Crippen LogP contribution >= 0.6 is 43.5 Å². The van der Waals surface area contributed by atoms with Gasteiger partial charge in [0.15, 0.2) is 6.61 Å². The Hall–Kier alpha value is -2.35. The van der Waals surface area contributed by atoms with Crippen molar-refractivity contribution in [2.75, 3.05) is 6.61 Å². The molecule has 1 aliphatic carbocycles. The average Bonchev–Trinajstić information content (AvgIpc) is 3.39. The predicted octanol–water partition coefficient (Wildman–Crippen LogP) is 6.94. The first kappa shape index (κ1) is 27.7. The van der Waals surface area contributed by atoms with Crippen LogP contribution in [0.3, 0.4) is 0 Å². The smallest absolute Gasteiger partial charge is 0.261 e. The zero-order valence-corrected chi connectivity index (χ0v) is 24.3. The van der Waals surface area contributed by atoms with Gasteiger partial charge in [-0.05, 0) is 70.2 Å². The molecule has 8 heteroatoms. The first-order chi connectivity index (χ1) is 17.9. The van der Waals surface area contributed by atoms with Crippen molar-refractivity contribution in [3.63, 3.8) is 0 Å². The number of benzene rings is 3. The summed E-state index contributed by atoms with van der Waals surface area (Å²) < 4.78 is 7.44. The number of nitrogens with one attached hydrogen (secondary N) is 1. The molecule has 1 atom stereocenters. The van der Waals surface area contributed by atoms with E-state index >= 15 is 0 Å². The predicted molar refractivity (Wildman–Crippen MR) is 154 cm³/mol. The molecule has 3 aromatic carbocycles. The first-order valence-corrected chi connectivity index (χ1v) is 14.3. The lowest BCUT2D eigenvalue weighted by Gasteiger charge is -2.32. The van der Waals surface area contributed by atoms with Crippen molar-refractivity contribution in [1.82, 2.24) is 10.2 Å². The molecule has 37 heavy (non-hydrogen) atoms. The van der Waals surface area contributed by atoms with Gasteiger partial charge in [0.25, 0.3) is 5.91 Å². The lowest BCUT2D eigenvalue weighted by atomic mass is 10.0. The number of carbonyl (C=O) groups is 2. The van der Waals surface area contributed by atoms with Crippen LogP contribution in [0.15, 0.2) is 81.7 Å². The molecule has 1 saturated carbocycles. The van der Waals surface area contributed by atoms with Crippen LogP contribution < -0.4 is 10.1 Å². The molecule has 0 spiro atoms. The quantitative estimate of drug-likeness (QED) is 0.259. The van der Waals surface area contributed by atoms with Crippen LogP contribution in [0.4, 0.5) is 0 Å². The Balaban J connectivity index is 1.62. The van der Waals surface area contributed by atoms with E-state index in [-0.39, 0.29) is 31.0 Å². The van der Waals surface area contributed by atoms with Crippen LogP contribution in [-0.2, 0) is 22.6 Å². The standard InChI is InChI=1S/C29H29Br2ClN2O3/c30-22-10-6-9-21(15-22)18-34(28(35)19-37-27-14-13-23(32)17-25(27)31)26(16-20-7-2-1-3-8-20)29(36)33-24-11-4-5-12-24/h1-3,6-10,13-15,17,24,26H,4-5,11-12,16,18-19H2,(H,33,36)/t26-/m1/s1. The van der Waals surface area contributed by atoms with Gasteiger partial charge in [-0.15, -0.1) is 0 Å². The molecule has 194 valence electrons. The highest BCUT2D eigenvalue weighted by atomic mass is 79.9. The fourth-order valence-corrected chi connectivity index (χ4v) is 5.81. The number of amides is 2. The summed E-state index contributed by atoms with van der Waals surface area (Å²) in [5.41, 5.74) is 1.91. The first-order valence-electron chi connectivity index (χ1n) is 12.3. The number of rotatable bonds is 10. The molecule has 1 fully saturated rings. The molecule has 1 N–H and O–H groups in total. The SMILES string of the molecule is O=C(NC1CCCC1)[C@@H](Cc1ccccc1)N(Cc1cccc(Br)c1)C(=O)COc1ccc(Cl)cc1Br. The Morgan fingerprint density at radius 2 is 1.70 bits per heavy atom. The number of nitrogens with zero attached hydrogens (tertiary/aromatic N) is 1. The Morgan fingerprint density at radius 1 is 0.973 bits per heavy atom. The molecule has 0 aromatic heterocycles. The third-order valence-corrected chi connectivity index (χ3v) is 7.81. The van der Waals surface area contributed by atoms with Crippen molar-refractivity contribution >= 4 is 55.3 Å². The van der Waals surface area contributed by atoms with Crippen LogP contribution in [0.1, 0.15) is 36.8 Å². The second-order valence-corrected chi connectivity index (χ2v) is 11.4. The van der Waals surface area contributed by atoms with E-state index in [0.29, 0.717) is 21.7 Å². The summed E-state index contributed by atoms with van der Waals surface area (Å²) in [6, 6.07) is 22.2. The van der Waals surface area contributed by atoms with E-state index < -0.39 is 6.04 Å². The largest absolute Gasteiger partial charge is 0.483 e. The van der Waals surface area contributed by atoms with Gasteiger partial charge in [0.2, 0.25) is 5.91 Å². The van der Waals surface area contributed by atoms with Gasteiger partial charge in [0.05, 0.1) is 4.47 Å². The summed E-state index contributed by atoms with van der Waals surface area (Å²) >= 11 is 13.0. The van der Waals surface area contributed by atoms with E-state index in [2.05, 4.69) is 37.2 Å². The molecule has 0 radical (unpaired) electrons. The average molecular weight is 649 g/mol. The van der Waals surface area contributed by atoms with Crippen molar-refractivity contribution in [3.05, 3.63) is 97.9 Å². The second kappa shape index (κ2) is 13.4. The van der Waals surface area contributed by atoms with Crippen LogP contribution in [0.2, 0.25) is 5.02 Å². The van der Waals surface area contributed by atoms with Gasteiger partial charge < -0.3 is 15.0 Å². The molecule has 0 saturated heterocycles. The monoisotopic (exact) mass is 646 g/mol. The van der Waals surface area contributed by atoms with Crippen LogP contribution in [-0.4, -0.2) is 35.4 Å². The van der Waals surface area contributed by atoms with E-state index in [0.717, 1.165) is 41.3 Å². The maximum Gasteiger partial charge on any atom is 0.261 e. The van der Waals surface area contributed by atoms with Gasteiger partial charge in [-0.25, -0.2) is 0 Å². The molecule has 0 bridgehead atoms. The number of hydrogen-bond donors (Lipinski definition) is 1.